The number of nitrogens with zero attached hydrogens (tertiary/aromatic N) is 3. The number of para-hydroxylation sites is 1. The van der Waals surface area contributed by atoms with Crippen LogP contribution in [0.3, 0.4) is 0 Å². The second kappa shape index (κ2) is 10.3. The van der Waals surface area contributed by atoms with Crippen LogP contribution in [0.4, 0.5) is 4.79 Å². The fourth-order valence-corrected chi connectivity index (χ4v) is 4.73. The highest BCUT2D eigenvalue weighted by molar-refractivity contribution is 6.02. The first kappa shape index (κ1) is 25.9. The van der Waals surface area contributed by atoms with Gasteiger partial charge in [-0.3, -0.25) is 14.1 Å². The van der Waals surface area contributed by atoms with Crippen LogP contribution in [0.15, 0.2) is 76.0 Å². The fourth-order valence-electron chi connectivity index (χ4n) is 4.73. The quantitative estimate of drug-likeness (QED) is 0.270. The molecule has 0 saturated carbocycles. The summed E-state index contributed by atoms with van der Waals surface area (Å²) in [6.07, 6.45) is -0.912. The Morgan fingerprint density at radius 1 is 1.07 bits per heavy atom. The molecule has 6 rings (SSSR count). The first-order valence-corrected chi connectivity index (χ1v) is 12.8. The number of esters is 1. The Labute approximate surface area is 232 Å². The number of benzene rings is 3. The minimum atomic E-state index is -1.55. The van der Waals surface area contributed by atoms with Crippen LogP contribution in [0.25, 0.3) is 33.5 Å². The molecule has 3 heterocycles. The van der Waals surface area contributed by atoms with Crippen LogP contribution < -0.4 is 10.5 Å². The number of H-pyrrole nitrogens is 1. The molecule has 12 nitrogen and oxygen atoms in total. The molecular formula is C29H24N4O8. The average Bonchev–Trinajstić information content (AvgIpc) is 3.65. The number of fused-ring (bicyclic) bond motifs is 1. The van der Waals surface area contributed by atoms with Crippen molar-refractivity contribution >= 4 is 23.2 Å². The van der Waals surface area contributed by atoms with Gasteiger partial charge < -0.3 is 18.9 Å². The van der Waals surface area contributed by atoms with Crippen molar-refractivity contribution in [3.05, 3.63) is 88.4 Å². The third-order valence-corrected chi connectivity index (χ3v) is 6.49. The minimum Gasteiger partial charge on any atom is -0.465 e. The van der Waals surface area contributed by atoms with E-state index in [1.165, 1.54) is 6.92 Å². The van der Waals surface area contributed by atoms with Gasteiger partial charge in [0, 0.05) is 12.5 Å². The van der Waals surface area contributed by atoms with E-state index < -0.39 is 23.7 Å². The molecule has 1 aliphatic rings. The molecule has 0 radical (unpaired) electrons. The second-order valence-corrected chi connectivity index (χ2v) is 9.44. The zero-order valence-corrected chi connectivity index (χ0v) is 22.1. The van der Waals surface area contributed by atoms with Gasteiger partial charge in [0.05, 0.1) is 29.7 Å². The van der Waals surface area contributed by atoms with Gasteiger partial charge in [-0.1, -0.05) is 53.7 Å². The topological polar surface area (TPSA) is 148 Å². The van der Waals surface area contributed by atoms with Crippen molar-refractivity contribution in [2.45, 2.75) is 26.2 Å². The molecule has 1 fully saturated rings. The molecule has 0 amide bonds. The molecule has 1 aliphatic heterocycles. The average molecular weight is 557 g/mol. The van der Waals surface area contributed by atoms with E-state index in [1.54, 1.807) is 22.8 Å². The third kappa shape index (κ3) is 5.02. The first-order valence-electron chi connectivity index (χ1n) is 12.8. The Kier molecular flexibility index (Phi) is 6.50. The summed E-state index contributed by atoms with van der Waals surface area (Å²) in [7, 11) is 0. The molecule has 1 N–H and O–H groups in total. The lowest BCUT2D eigenvalue weighted by molar-refractivity contribution is -0.127. The summed E-state index contributed by atoms with van der Waals surface area (Å²) in [4.78, 5) is 43.8. The number of aromatic nitrogens is 4. The number of nitrogens with one attached hydrogen (secondary N) is 1. The molecule has 1 atom stereocenters. The van der Waals surface area contributed by atoms with Gasteiger partial charge in [0.15, 0.2) is 12.4 Å². The number of rotatable bonds is 8. The number of hydrogen-bond donors (Lipinski definition) is 1. The molecule has 1 saturated heterocycles. The van der Waals surface area contributed by atoms with Gasteiger partial charge in [-0.15, -0.1) is 0 Å². The fraction of sp³-hybridized carbons (Fsp3) is 0.207. The molecule has 5 aromatic rings. The van der Waals surface area contributed by atoms with E-state index in [2.05, 4.69) is 15.1 Å². The van der Waals surface area contributed by atoms with Gasteiger partial charge in [0.2, 0.25) is 0 Å². The lowest BCUT2D eigenvalue weighted by Gasteiger charge is -2.20. The van der Waals surface area contributed by atoms with Crippen LogP contribution in [-0.4, -0.2) is 50.8 Å². The van der Waals surface area contributed by atoms with E-state index in [-0.39, 0.29) is 24.5 Å². The summed E-state index contributed by atoms with van der Waals surface area (Å²) in [5.41, 5.74) is 4.40. The lowest BCUT2D eigenvalue weighted by Crippen LogP contribution is -2.34. The number of carbonyl (C=O) groups excluding carboxylic acids is 2. The molecule has 1 unspecified atom stereocenters. The Hall–Kier alpha value is -5.39. The maximum atomic E-state index is 13.3. The number of carbonyl (C=O) groups is 2. The number of ether oxygens (including phenoxy) is 4. The zero-order valence-electron chi connectivity index (χ0n) is 22.1. The van der Waals surface area contributed by atoms with Gasteiger partial charge in [0.25, 0.3) is 11.8 Å². The summed E-state index contributed by atoms with van der Waals surface area (Å²) in [6.45, 7) is 3.64. The van der Waals surface area contributed by atoms with Crippen LogP contribution in [0.1, 0.15) is 29.8 Å². The monoisotopic (exact) mass is 556 g/mol. The maximum absolute atomic E-state index is 13.3. The molecular weight excluding hydrogens is 532 g/mol. The van der Waals surface area contributed by atoms with E-state index in [0.29, 0.717) is 29.2 Å². The van der Waals surface area contributed by atoms with Gasteiger partial charge in [0.1, 0.15) is 0 Å². The predicted octanol–water partition coefficient (Wildman–Crippen LogP) is 4.53. The Bertz CT molecular complexity index is 1820. The standard InChI is InChI=1S/C29H24N4O8/c1-3-37-26-30-22-11-7-10-20(25(34)39-29(2)16-38-28(36)40-29)23(22)33(26)15-17-12-13-19(18-8-5-4-6-9-18)21(14-17)24-31-27(35)41-32-24/h4-14H,3,15-16H2,1-2H3,(H,31,32,35). The molecule has 3 aromatic carbocycles. The Balaban J connectivity index is 1.44. The lowest BCUT2D eigenvalue weighted by atomic mass is 9.97. The van der Waals surface area contributed by atoms with Gasteiger partial charge >= 0.3 is 17.9 Å². The number of imidazole rings is 1. The van der Waals surface area contributed by atoms with E-state index in [4.69, 9.17) is 23.5 Å². The Morgan fingerprint density at radius 2 is 1.90 bits per heavy atom. The van der Waals surface area contributed by atoms with Crippen LogP contribution in [-0.2, 0) is 20.8 Å². The summed E-state index contributed by atoms with van der Waals surface area (Å²) in [5.74, 6) is -2.66. The molecule has 2 aromatic heterocycles. The predicted molar refractivity (Wildman–Crippen MR) is 144 cm³/mol. The summed E-state index contributed by atoms with van der Waals surface area (Å²) in [6, 6.07) is 20.8. The second-order valence-electron chi connectivity index (χ2n) is 9.44. The van der Waals surface area contributed by atoms with Crippen molar-refractivity contribution in [3.63, 3.8) is 0 Å². The molecule has 41 heavy (non-hydrogen) atoms. The maximum Gasteiger partial charge on any atom is 0.511 e. The highest BCUT2D eigenvalue weighted by atomic mass is 16.9. The zero-order chi connectivity index (χ0) is 28.6. The highest BCUT2D eigenvalue weighted by Crippen LogP contribution is 2.33. The SMILES string of the molecule is CCOc1nc2cccc(C(=O)OC3(C)COC(=O)O3)c2n1Cc1ccc(-c2ccccc2)c(-c2noc(=O)[nH]2)c1. The third-order valence-electron chi connectivity index (χ3n) is 6.49. The number of aromatic amines is 1. The normalized spacial score (nSPS) is 16.4. The minimum absolute atomic E-state index is 0.201. The smallest absolute Gasteiger partial charge is 0.465 e. The summed E-state index contributed by atoms with van der Waals surface area (Å²) in [5, 5.41) is 3.91. The van der Waals surface area contributed by atoms with Crippen molar-refractivity contribution in [3.8, 4) is 28.5 Å². The molecule has 208 valence electrons. The van der Waals surface area contributed by atoms with Crippen LogP contribution in [0.5, 0.6) is 6.01 Å². The van der Waals surface area contributed by atoms with Crippen LogP contribution in [0, 0.1) is 0 Å². The Morgan fingerprint density at radius 3 is 2.61 bits per heavy atom. The van der Waals surface area contributed by atoms with Gasteiger partial charge in [-0.05, 0) is 41.8 Å². The highest BCUT2D eigenvalue weighted by Gasteiger charge is 2.42. The first-order chi connectivity index (χ1) is 19.8. The summed E-state index contributed by atoms with van der Waals surface area (Å²) < 4.78 is 27.8. The number of cyclic esters (lactones) is 2. The molecule has 0 bridgehead atoms. The molecule has 0 spiro atoms. The number of hydrogen-bond acceptors (Lipinski definition) is 10. The summed E-state index contributed by atoms with van der Waals surface area (Å²) >= 11 is 0. The van der Waals surface area contributed by atoms with E-state index in [9.17, 15) is 14.4 Å². The van der Waals surface area contributed by atoms with Crippen molar-refractivity contribution in [2.75, 3.05) is 13.2 Å². The van der Waals surface area contributed by atoms with Crippen molar-refractivity contribution in [1.29, 1.82) is 0 Å². The van der Waals surface area contributed by atoms with Gasteiger partial charge in [-0.25, -0.2) is 14.4 Å². The van der Waals surface area contributed by atoms with Crippen molar-refractivity contribution < 1.29 is 33.1 Å². The molecule has 0 aliphatic carbocycles. The van der Waals surface area contributed by atoms with Crippen LogP contribution >= 0.6 is 0 Å². The van der Waals surface area contributed by atoms with Gasteiger partial charge in [-0.2, -0.15) is 4.98 Å². The van der Waals surface area contributed by atoms with Crippen LogP contribution in [0.2, 0.25) is 0 Å². The van der Waals surface area contributed by atoms with E-state index in [0.717, 1.165) is 16.7 Å². The largest absolute Gasteiger partial charge is 0.511 e. The van der Waals surface area contributed by atoms with E-state index >= 15 is 0 Å². The molecule has 12 heteroatoms. The van der Waals surface area contributed by atoms with Crippen molar-refractivity contribution in [1.82, 2.24) is 19.7 Å². The van der Waals surface area contributed by atoms with Crippen molar-refractivity contribution in [2.24, 2.45) is 0 Å². The van der Waals surface area contributed by atoms with E-state index in [1.807, 2.05) is 55.5 Å².